The van der Waals surface area contributed by atoms with Crippen molar-refractivity contribution in [1.29, 1.82) is 0 Å². The van der Waals surface area contributed by atoms with E-state index in [0.29, 0.717) is 11.8 Å². The first kappa shape index (κ1) is 18.0. The van der Waals surface area contributed by atoms with Gasteiger partial charge in [-0.2, -0.15) is 9.78 Å². The molecule has 0 saturated carbocycles. The Kier molecular flexibility index (Phi) is 3.92. The topological polar surface area (TPSA) is 108 Å². The highest BCUT2D eigenvalue weighted by Crippen LogP contribution is 2.40. The lowest BCUT2D eigenvalue weighted by Crippen LogP contribution is -2.25. The number of anilines is 1. The highest BCUT2D eigenvalue weighted by Gasteiger charge is 2.33. The van der Waals surface area contributed by atoms with Crippen LogP contribution in [0.1, 0.15) is 29.2 Å². The first-order valence-electron chi connectivity index (χ1n) is 9.49. The normalized spacial score (nSPS) is 15.8. The molecule has 0 aliphatic carbocycles. The van der Waals surface area contributed by atoms with Crippen LogP contribution in [-0.4, -0.2) is 30.2 Å². The Morgan fingerprint density at radius 3 is 2.60 bits per heavy atom. The van der Waals surface area contributed by atoms with Crippen LogP contribution in [0, 0.1) is 17.0 Å². The Bertz CT molecular complexity index is 1320. The maximum absolute atomic E-state index is 12.5. The van der Waals surface area contributed by atoms with E-state index in [0.717, 1.165) is 27.9 Å². The van der Waals surface area contributed by atoms with Crippen molar-refractivity contribution in [2.24, 2.45) is 7.05 Å². The third-order valence-electron chi connectivity index (χ3n) is 5.56. The third kappa shape index (κ3) is 2.66. The third-order valence-corrected chi connectivity index (χ3v) is 5.56. The number of fused-ring (bicyclic) bond motifs is 2. The number of aryl methyl sites for hydroxylation is 2. The van der Waals surface area contributed by atoms with Gasteiger partial charge in [-0.25, -0.2) is 4.98 Å². The number of amides is 1. The predicted octanol–water partition coefficient (Wildman–Crippen LogP) is 3.45. The number of para-hydroxylation sites is 2. The molecule has 0 radical (unpaired) electrons. The fourth-order valence-corrected chi connectivity index (χ4v) is 4.13. The number of nitro groups is 1. The average molecular weight is 402 g/mol. The van der Waals surface area contributed by atoms with Gasteiger partial charge in [0.25, 0.3) is 5.69 Å². The average Bonchev–Trinajstić information content (AvgIpc) is 3.24. The molecule has 5 rings (SSSR count). The Morgan fingerprint density at radius 2 is 1.90 bits per heavy atom. The van der Waals surface area contributed by atoms with E-state index >= 15 is 0 Å². The van der Waals surface area contributed by atoms with E-state index in [1.165, 1.54) is 12.1 Å². The SMILES string of the molecule is Cc1nn(-c2nc3ccccc3n2C)c2c1C(c1ccc([N+](=O)[O-])cc1)CC(=O)N2. The smallest absolute Gasteiger partial charge is 0.269 e. The molecular formula is C21H18N6O3. The van der Waals surface area contributed by atoms with E-state index in [9.17, 15) is 14.9 Å². The molecule has 9 heteroatoms. The van der Waals surface area contributed by atoms with E-state index in [2.05, 4.69) is 10.4 Å². The fraction of sp³-hybridized carbons (Fsp3) is 0.190. The summed E-state index contributed by atoms with van der Waals surface area (Å²) in [6.45, 7) is 1.90. The molecule has 0 saturated heterocycles. The summed E-state index contributed by atoms with van der Waals surface area (Å²) >= 11 is 0. The van der Waals surface area contributed by atoms with Crippen LogP contribution in [0.3, 0.4) is 0 Å². The summed E-state index contributed by atoms with van der Waals surface area (Å²) < 4.78 is 3.60. The molecule has 0 bridgehead atoms. The van der Waals surface area contributed by atoms with E-state index < -0.39 is 4.92 Å². The largest absolute Gasteiger partial charge is 0.311 e. The highest BCUT2D eigenvalue weighted by atomic mass is 16.6. The van der Waals surface area contributed by atoms with Crippen LogP contribution in [0.15, 0.2) is 48.5 Å². The molecule has 0 fully saturated rings. The number of nitrogens with one attached hydrogen (secondary N) is 1. The van der Waals surface area contributed by atoms with Crippen LogP contribution in [0.2, 0.25) is 0 Å². The summed E-state index contributed by atoms with van der Waals surface area (Å²) in [7, 11) is 1.91. The number of carbonyl (C=O) groups is 1. The van der Waals surface area contributed by atoms with Crippen LogP contribution in [0.5, 0.6) is 0 Å². The molecule has 1 amide bonds. The highest BCUT2D eigenvalue weighted by molar-refractivity contribution is 5.95. The zero-order valence-electron chi connectivity index (χ0n) is 16.4. The van der Waals surface area contributed by atoms with E-state index in [4.69, 9.17) is 4.98 Å². The lowest BCUT2D eigenvalue weighted by atomic mass is 9.86. The molecule has 1 aliphatic heterocycles. The number of nitro benzene ring substituents is 1. The van der Waals surface area contributed by atoms with Crippen molar-refractivity contribution in [3.05, 3.63) is 75.5 Å². The predicted molar refractivity (Wildman–Crippen MR) is 111 cm³/mol. The number of aromatic nitrogens is 4. The number of nitrogens with zero attached hydrogens (tertiary/aromatic N) is 5. The van der Waals surface area contributed by atoms with Gasteiger partial charge in [-0.3, -0.25) is 14.9 Å². The number of imidazole rings is 1. The number of benzene rings is 2. The molecule has 150 valence electrons. The van der Waals surface area contributed by atoms with Gasteiger partial charge in [-0.05, 0) is 24.6 Å². The number of rotatable bonds is 3. The van der Waals surface area contributed by atoms with Gasteiger partial charge >= 0.3 is 0 Å². The molecule has 4 aromatic rings. The molecule has 0 spiro atoms. The quantitative estimate of drug-likeness (QED) is 0.417. The number of non-ortho nitro benzene ring substituents is 1. The van der Waals surface area contributed by atoms with Crippen LogP contribution in [0.25, 0.3) is 17.0 Å². The summed E-state index contributed by atoms with van der Waals surface area (Å²) in [4.78, 5) is 27.8. The minimum Gasteiger partial charge on any atom is -0.311 e. The molecule has 9 nitrogen and oxygen atoms in total. The summed E-state index contributed by atoms with van der Waals surface area (Å²) in [5.74, 6) is 0.819. The number of hydrogen-bond acceptors (Lipinski definition) is 5. The van der Waals surface area contributed by atoms with Gasteiger partial charge < -0.3 is 9.88 Å². The Hall–Kier alpha value is -4.01. The number of hydrogen-bond donors (Lipinski definition) is 1. The first-order chi connectivity index (χ1) is 14.4. The standard InChI is InChI=1S/C21H18N6O3/c1-12-19-15(13-7-9-14(10-8-13)27(29)30)11-18(28)23-20(19)26(24-12)21-22-16-5-3-4-6-17(16)25(21)2/h3-10,15H,11H2,1-2H3,(H,23,28). The molecule has 30 heavy (non-hydrogen) atoms. The lowest BCUT2D eigenvalue weighted by Gasteiger charge is -2.24. The second-order valence-electron chi connectivity index (χ2n) is 7.37. The molecule has 1 aliphatic rings. The zero-order chi connectivity index (χ0) is 21.0. The van der Waals surface area contributed by atoms with Crippen LogP contribution >= 0.6 is 0 Å². The summed E-state index contributed by atoms with van der Waals surface area (Å²) in [5, 5.41) is 18.6. The molecule has 1 N–H and O–H groups in total. The number of carbonyl (C=O) groups excluding carboxylic acids is 1. The van der Waals surface area contributed by atoms with Crippen molar-refractivity contribution in [1.82, 2.24) is 19.3 Å². The molecule has 1 atom stereocenters. The van der Waals surface area contributed by atoms with Gasteiger partial charge in [0, 0.05) is 37.1 Å². The Labute approximate surface area is 171 Å². The maximum atomic E-state index is 12.5. The maximum Gasteiger partial charge on any atom is 0.269 e. The van der Waals surface area contributed by atoms with Crippen molar-refractivity contribution in [3.8, 4) is 5.95 Å². The zero-order valence-corrected chi connectivity index (χ0v) is 16.4. The fourth-order valence-electron chi connectivity index (χ4n) is 4.13. The van der Waals surface area contributed by atoms with Crippen molar-refractivity contribution >= 4 is 28.4 Å². The van der Waals surface area contributed by atoms with Crippen molar-refractivity contribution in [2.45, 2.75) is 19.3 Å². The first-order valence-corrected chi connectivity index (χ1v) is 9.49. The Balaban J connectivity index is 1.66. The second kappa shape index (κ2) is 6.51. The monoisotopic (exact) mass is 402 g/mol. The molecular weight excluding hydrogens is 384 g/mol. The summed E-state index contributed by atoms with van der Waals surface area (Å²) in [5.41, 5.74) is 4.33. The minimum atomic E-state index is -0.433. The Morgan fingerprint density at radius 1 is 1.17 bits per heavy atom. The van der Waals surface area contributed by atoms with Crippen molar-refractivity contribution in [3.63, 3.8) is 0 Å². The van der Waals surface area contributed by atoms with E-state index in [1.807, 2.05) is 42.8 Å². The van der Waals surface area contributed by atoms with E-state index in [1.54, 1.807) is 16.8 Å². The van der Waals surface area contributed by atoms with Gasteiger partial charge in [0.2, 0.25) is 11.9 Å². The van der Waals surface area contributed by atoms with Gasteiger partial charge in [0.15, 0.2) is 0 Å². The van der Waals surface area contributed by atoms with Crippen molar-refractivity contribution < 1.29 is 9.72 Å². The van der Waals surface area contributed by atoms with Gasteiger partial charge in [-0.15, -0.1) is 0 Å². The minimum absolute atomic E-state index is 0.0198. The molecule has 2 aromatic heterocycles. The van der Waals surface area contributed by atoms with Gasteiger partial charge in [0.1, 0.15) is 5.82 Å². The summed E-state index contributed by atoms with van der Waals surface area (Å²) in [6, 6.07) is 14.1. The summed E-state index contributed by atoms with van der Waals surface area (Å²) in [6.07, 6.45) is 0.250. The van der Waals surface area contributed by atoms with Crippen LogP contribution in [-0.2, 0) is 11.8 Å². The van der Waals surface area contributed by atoms with Gasteiger partial charge in [-0.1, -0.05) is 24.3 Å². The molecule has 2 aromatic carbocycles. The van der Waals surface area contributed by atoms with Crippen molar-refractivity contribution in [2.75, 3.05) is 5.32 Å². The molecule has 1 unspecified atom stereocenters. The second-order valence-corrected chi connectivity index (χ2v) is 7.37. The molecule has 3 heterocycles. The van der Waals surface area contributed by atoms with E-state index in [-0.39, 0.29) is 23.9 Å². The van der Waals surface area contributed by atoms with Crippen LogP contribution in [0.4, 0.5) is 11.5 Å². The van der Waals surface area contributed by atoms with Gasteiger partial charge in [0.05, 0.1) is 21.7 Å². The van der Waals surface area contributed by atoms with Crippen LogP contribution < -0.4 is 5.32 Å². The lowest BCUT2D eigenvalue weighted by molar-refractivity contribution is -0.384.